The van der Waals surface area contributed by atoms with E-state index in [0.29, 0.717) is 0 Å². The Bertz CT molecular complexity index is 1250. The number of phenolic OH excluding ortho intramolecular Hbond substituents is 1. The molecule has 3 rings (SSSR count). The van der Waals surface area contributed by atoms with Gasteiger partial charge in [-0.05, 0) is 24.3 Å². The lowest BCUT2D eigenvalue weighted by atomic mass is 10.2. The van der Waals surface area contributed by atoms with Crippen LogP contribution in [0.1, 0.15) is 12.7 Å². The van der Waals surface area contributed by atoms with Crippen molar-refractivity contribution in [1.29, 1.82) is 0 Å². The largest absolute Gasteiger partial charge is 0.506 e. The first-order valence-electron chi connectivity index (χ1n) is 8.84. The van der Waals surface area contributed by atoms with Crippen LogP contribution in [-0.2, 0) is 16.0 Å². The van der Waals surface area contributed by atoms with Gasteiger partial charge in [-0.25, -0.2) is 18.4 Å². The van der Waals surface area contributed by atoms with Crippen LogP contribution in [0.4, 0.5) is 24.7 Å². The molecule has 1 aromatic heterocycles. The van der Waals surface area contributed by atoms with Crippen molar-refractivity contribution in [2.24, 2.45) is 0 Å². The SMILES string of the molecule is CCS(=O)(=O)c1ccc(O)c(Nc2nc(C(F)(F)F)nc3cc(OC)c(OC)cc23)c1. The first kappa shape index (κ1) is 22.4. The monoisotopic (exact) mass is 457 g/mol. The fraction of sp³-hybridized carbons (Fsp3) is 0.263. The van der Waals surface area contributed by atoms with Gasteiger partial charge >= 0.3 is 6.18 Å². The molecule has 0 radical (unpaired) electrons. The third kappa shape index (κ3) is 4.43. The van der Waals surface area contributed by atoms with E-state index in [1.165, 1.54) is 39.3 Å². The molecule has 0 fully saturated rings. The van der Waals surface area contributed by atoms with Crippen molar-refractivity contribution < 1.29 is 36.2 Å². The van der Waals surface area contributed by atoms with Gasteiger partial charge in [0.2, 0.25) is 5.82 Å². The molecular formula is C19H18F3N3O5S. The lowest BCUT2D eigenvalue weighted by Crippen LogP contribution is -2.13. The van der Waals surface area contributed by atoms with Crippen LogP contribution in [0.3, 0.4) is 0 Å². The summed E-state index contributed by atoms with van der Waals surface area (Å²) < 4.78 is 74.7. The number of benzene rings is 2. The molecule has 0 aliphatic rings. The van der Waals surface area contributed by atoms with Crippen LogP contribution in [0.5, 0.6) is 17.2 Å². The Kier molecular flexibility index (Phi) is 5.85. The highest BCUT2D eigenvalue weighted by molar-refractivity contribution is 7.91. The van der Waals surface area contributed by atoms with E-state index in [2.05, 4.69) is 15.3 Å². The van der Waals surface area contributed by atoms with Crippen LogP contribution in [0, 0.1) is 0 Å². The van der Waals surface area contributed by atoms with Crippen LogP contribution in [0.25, 0.3) is 10.9 Å². The molecule has 0 aliphatic carbocycles. The van der Waals surface area contributed by atoms with Crippen molar-refractivity contribution in [1.82, 2.24) is 9.97 Å². The van der Waals surface area contributed by atoms with Crippen LogP contribution < -0.4 is 14.8 Å². The molecule has 0 saturated heterocycles. The van der Waals surface area contributed by atoms with Gasteiger partial charge in [-0.2, -0.15) is 13.2 Å². The number of fused-ring (bicyclic) bond motifs is 1. The summed E-state index contributed by atoms with van der Waals surface area (Å²) in [5.41, 5.74) is -0.239. The summed E-state index contributed by atoms with van der Waals surface area (Å²) in [6.45, 7) is 1.45. The van der Waals surface area contributed by atoms with Crippen molar-refractivity contribution in [3.63, 3.8) is 0 Å². The molecule has 1 heterocycles. The van der Waals surface area contributed by atoms with Gasteiger partial charge in [-0.15, -0.1) is 0 Å². The number of anilines is 2. The number of hydrogen-bond acceptors (Lipinski definition) is 8. The standard InChI is InChI=1S/C19H18F3N3O5S/c1-4-31(27,28)10-5-6-14(26)13(7-10)23-17-11-8-15(29-2)16(30-3)9-12(11)24-18(25-17)19(20,21)22/h5-9,26H,4H2,1-3H3,(H,23,24,25). The van der Waals surface area contributed by atoms with Gasteiger partial charge in [0.25, 0.3) is 0 Å². The number of sulfone groups is 1. The minimum Gasteiger partial charge on any atom is -0.506 e. The van der Waals surface area contributed by atoms with Gasteiger partial charge < -0.3 is 19.9 Å². The molecule has 0 bridgehead atoms. The summed E-state index contributed by atoms with van der Waals surface area (Å²) in [4.78, 5) is 7.00. The van der Waals surface area contributed by atoms with E-state index in [9.17, 15) is 26.7 Å². The Morgan fingerprint density at radius 1 is 1.06 bits per heavy atom. The molecule has 3 aromatic rings. The fourth-order valence-electron chi connectivity index (χ4n) is 2.78. The maximum absolute atomic E-state index is 13.4. The number of ether oxygens (including phenoxy) is 2. The number of alkyl halides is 3. The number of methoxy groups -OCH3 is 2. The maximum Gasteiger partial charge on any atom is 0.451 e. The highest BCUT2D eigenvalue weighted by Gasteiger charge is 2.36. The Labute approximate surface area is 175 Å². The Morgan fingerprint density at radius 2 is 1.71 bits per heavy atom. The zero-order chi connectivity index (χ0) is 23.0. The van der Waals surface area contributed by atoms with Crippen LogP contribution in [0.2, 0.25) is 0 Å². The molecule has 0 spiro atoms. The van der Waals surface area contributed by atoms with E-state index in [4.69, 9.17) is 9.47 Å². The summed E-state index contributed by atoms with van der Waals surface area (Å²) in [6.07, 6.45) is -4.85. The second-order valence-corrected chi connectivity index (χ2v) is 8.60. The number of nitrogens with one attached hydrogen (secondary N) is 1. The molecule has 12 heteroatoms. The van der Waals surface area contributed by atoms with E-state index in [0.717, 1.165) is 12.1 Å². The van der Waals surface area contributed by atoms with Crippen molar-refractivity contribution in [2.75, 3.05) is 25.3 Å². The summed E-state index contributed by atoms with van der Waals surface area (Å²) >= 11 is 0. The smallest absolute Gasteiger partial charge is 0.451 e. The van der Waals surface area contributed by atoms with Gasteiger partial charge in [0.15, 0.2) is 21.3 Å². The van der Waals surface area contributed by atoms with Gasteiger partial charge in [-0.1, -0.05) is 6.92 Å². The molecule has 0 aliphatic heterocycles. The predicted molar refractivity (Wildman–Crippen MR) is 107 cm³/mol. The maximum atomic E-state index is 13.4. The number of aromatic nitrogens is 2. The van der Waals surface area contributed by atoms with E-state index in [-0.39, 0.29) is 50.3 Å². The molecule has 0 amide bonds. The zero-order valence-corrected chi connectivity index (χ0v) is 17.4. The highest BCUT2D eigenvalue weighted by Crippen LogP contribution is 2.38. The van der Waals surface area contributed by atoms with E-state index in [1.807, 2.05) is 0 Å². The molecule has 0 unspecified atom stereocenters. The van der Waals surface area contributed by atoms with E-state index < -0.39 is 21.8 Å². The van der Waals surface area contributed by atoms with Gasteiger partial charge in [0, 0.05) is 11.5 Å². The lowest BCUT2D eigenvalue weighted by Gasteiger charge is -2.16. The fourth-order valence-corrected chi connectivity index (χ4v) is 3.69. The minimum atomic E-state index is -4.85. The zero-order valence-electron chi connectivity index (χ0n) is 16.6. The van der Waals surface area contributed by atoms with Gasteiger partial charge in [0.05, 0.1) is 36.1 Å². The number of phenols is 1. The summed E-state index contributed by atoms with van der Waals surface area (Å²) in [7, 11) is -0.944. The summed E-state index contributed by atoms with van der Waals surface area (Å²) in [5, 5.41) is 12.9. The molecule has 2 N–H and O–H groups in total. The second-order valence-electron chi connectivity index (χ2n) is 6.33. The van der Waals surface area contributed by atoms with Crippen molar-refractivity contribution in [3.05, 3.63) is 36.2 Å². The third-order valence-electron chi connectivity index (χ3n) is 4.41. The quantitative estimate of drug-likeness (QED) is 0.536. The average Bonchev–Trinajstić information content (AvgIpc) is 2.73. The molecule has 0 saturated carbocycles. The van der Waals surface area contributed by atoms with Crippen molar-refractivity contribution in [2.45, 2.75) is 18.0 Å². The molecule has 0 atom stereocenters. The number of hydrogen-bond donors (Lipinski definition) is 2. The topological polar surface area (TPSA) is 111 Å². The first-order valence-corrected chi connectivity index (χ1v) is 10.5. The Morgan fingerprint density at radius 3 is 2.29 bits per heavy atom. The van der Waals surface area contributed by atoms with Gasteiger partial charge in [-0.3, -0.25) is 0 Å². The number of aromatic hydroxyl groups is 1. The third-order valence-corrected chi connectivity index (χ3v) is 6.15. The van der Waals surface area contributed by atoms with Crippen LogP contribution >= 0.6 is 0 Å². The number of halogens is 3. The molecule has 2 aromatic carbocycles. The first-order chi connectivity index (χ1) is 14.5. The Balaban J connectivity index is 2.25. The van der Waals surface area contributed by atoms with Crippen LogP contribution in [-0.4, -0.2) is 43.5 Å². The van der Waals surface area contributed by atoms with E-state index >= 15 is 0 Å². The van der Waals surface area contributed by atoms with E-state index in [1.54, 1.807) is 0 Å². The predicted octanol–water partition coefficient (Wildman–Crippen LogP) is 3.91. The van der Waals surface area contributed by atoms with Gasteiger partial charge in [0.1, 0.15) is 11.6 Å². The van der Waals surface area contributed by atoms with Crippen LogP contribution in [0.15, 0.2) is 35.2 Å². The molecule has 166 valence electrons. The summed E-state index contributed by atoms with van der Waals surface area (Å²) in [6, 6.07) is 6.08. The van der Waals surface area contributed by atoms with Crippen molar-refractivity contribution in [3.8, 4) is 17.2 Å². The van der Waals surface area contributed by atoms with Crippen molar-refractivity contribution >= 4 is 32.2 Å². The normalized spacial score (nSPS) is 12.1. The number of nitrogens with zero attached hydrogens (tertiary/aromatic N) is 2. The Hall–Kier alpha value is -3.28. The second kappa shape index (κ2) is 8.10. The molecule has 31 heavy (non-hydrogen) atoms. The lowest BCUT2D eigenvalue weighted by molar-refractivity contribution is -0.144. The summed E-state index contributed by atoms with van der Waals surface area (Å²) in [5.74, 6) is -1.93. The molecular weight excluding hydrogens is 439 g/mol. The number of rotatable bonds is 6. The highest BCUT2D eigenvalue weighted by atomic mass is 32.2. The minimum absolute atomic E-state index is 0.0979. The molecule has 8 nitrogen and oxygen atoms in total. The average molecular weight is 457 g/mol.